The Bertz CT molecular complexity index is 1050. The van der Waals surface area contributed by atoms with Gasteiger partial charge >= 0.3 is 5.97 Å². The molecule has 1 aromatic heterocycles. The average molecular weight is 370 g/mol. The maximum atomic E-state index is 12.4. The number of pyridine rings is 1. The molecule has 3 rings (SSSR count). The van der Waals surface area contributed by atoms with Crippen molar-refractivity contribution in [3.63, 3.8) is 0 Å². The van der Waals surface area contributed by atoms with Crippen molar-refractivity contribution < 1.29 is 14.7 Å². The third-order valence-corrected chi connectivity index (χ3v) is 4.06. The van der Waals surface area contributed by atoms with E-state index in [2.05, 4.69) is 22.1 Å². The van der Waals surface area contributed by atoms with Gasteiger partial charge in [-0.25, -0.2) is 4.79 Å². The summed E-state index contributed by atoms with van der Waals surface area (Å²) >= 11 is 0. The molecule has 3 aromatic rings. The van der Waals surface area contributed by atoms with E-state index in [1.54, 1.807) is 30.5 Å². The van der Waals surface area contributed by atoms with Crippen LogP contribution in [0.25, 0.3) is 0 Å². The molecule has 0 aliphatic rings. The molecule has 0 bridgehead atoms. The molecule has 138 valence electrons. The minimum atomic E-state index is -1.03. The Balaban J connectivity index is 1.65. The van der Waals surface area contributed by atoms with Crippen LogP contribution >= 0.6 is 0 Å². The van der Waals surface area contributed by atoms with Crippen LogP contribution in [0.4, 0.5) is 0 Å². The third-order valence-electron chi connectivity index (χ3n) is 4.06. The van der Waals surface area contributed by atoms with Gasteiger partial charge in [-0.15, -0.1) is 0 Å². The minimum Gasteiger partial charge on any atom is -0.478 e. The lowest BCUT2D eigenvalue weighted by molar-refractivity contribution is 0.0694. The van der Waals surface area contributed by atoms with Crippen LogP contribution in [0.2, 0.25) is 0 Å². The number of aromatic nitrogens is 1. The number of aromatic carboxylic acids is 1. The molecule has 1 amide bonds. The highest BCUT2D eigenvalue weighted by Gasteiger charge is 2.11. The topological polar surface area (TPSA) is 79.3 Å². The maximum Gasteiger partial charge on any atom is 0.336 e. The van der Waals surface area contributed by atoms with Gasteiger partial charge in [0, 0.05) is 30.9 Å². The molecular weight excluding hydrogens is 352 g/mol. The largest absolute Gasteiger partial charge is 0.478 e. The van der Waals surface area contributed by atoms with Crippen molar-refractivity contribution >= 4 is 11.9 Å². The molecule has 0 aliphatic heterocycles. The average Bonchev–Trinajstić information content (AvgIpc) is 2.73. The molecule has 0 aliphatic carbocycles. The normalized spacial score (nSPS) is 9.86. The fourth-order valence-corrected chi connectivity index (χ4v) is 2.64. The van der Waals surface area contributed by atoms with Gasteiger partial charge in [0.25, 0.3) is 5.91 Å². The predicted octanol–water partition coefficient (Wildman–Crippen LogP) is 3.30. The van der Waals surface area contributed by atoms with E-state index in [4.69, 9.17) is 0 Å². The van der Waals surface area contributed by atoms with E-state index >= 15 is 0 Å². The highest BCUT2D eigenvalue weighted by atomic mass is 16.4. The van der Waals surface area contributed by atoms with E-state index in [0.717, 1.165) is 5.56 Å². The van der Waals surface area contributed by atoms with Crippen LogP contribution in [0.15, 0.2) is 73.1 Å². The van der Waals surface area contributed by atoms with Gasteiger partial charge in [-0.05, 0) is 23.3 Å². The van der Waals surface area contributed by atoms with Crippen LogP contribution in [-0.2, 0) is 13.0 Å². The number of hydrogen-bond donors (Lipinski definition) is 2. The fourth-order valence-electron chi connectivity index (χ4n) is 2.64. The Kier molecular flexibility index (Phi) is 6.17. The Morgan fingerprint density at radius 3 is 2.54 bits per heavy atom. The maximum absolute atomic E-state index is 12.4. The van der Waals surface area contributed by atoms with E-state index in [0.29, 0.717) is 23.1 Å². The Morgan fingerprint density at radius 2 is 1.75 bits per heavy atom. The standard InChI is InChI=1S/C23H18N2O3/c26-22(25-16-19-11-4-5-12-21(19)23(27)28)20-13-18(14-24-15-20)10-6-9-17-7-2-1-3-8-17/h1-5,7-8,11-15H,9,16H2,(H,25,26)(H,27,28). The smallest absolute Gasteiger partial charge is 0.336 e. The van der Waals surface area contributed by atoms with E-state index in [9.17, 15) is 14.7 Å². The lowest BCUT2D eigenvalue weighted by atomic mass is 10.1. The number of carbonyl (C=O) groups excluding carboxylic acids is 1. The number of carboxylic acid groups (broad SMARTS) is 1. The second-order valence-corrected chi connectivity index (χ2v) is 6.07. The third kappa shape index (κ3) is 5.05. The van der Waals surface area contributed by atoms with Crippen molar-refractivity contribution in [1.82, 2.24) is 10.3 Å². The molecule has 5 nitrogen and oxygen atoms in total. The summed E-state index contributed by atoms with van der Waals surface area (Å²) < 4.78 is 0. The molecule has 2 N–H and O–H groups in total. The summed E-state index contributed by atoms with van der Waals surface area (Å²) in [5.74, 6) is 4.73. The molecule has 0 atom stereocenters. The summed E-state index contributed by atoms with van der Waals surface area (Å²) in [5.41, 5.74) is 2.85. The minimum absolute atomic E-state index is 0.116. The monoisotopic (exact) mass is 370 g/mol. The molecule has 0 radical (unpaired) electrons. The lowest BCUT2D eigenvalue weighted by Crippen LogP contribution is -2.24. The van der Waals surface area contributed by atoms with Gasteiger partial charge in [0.05, 0.1) is 11.1 Å². The van der Waals surface area contributed by atoms with Gasteiger partial charge in [0.2, 0.25) is 0 Å². The molecule has 0 unspecified atom stereocenters. The van der Waals surface area contributed by atoms with Gasteiger partial charge < -0.3 is 10.4 Å². The summed E-state index contributed by atoms with van der Waals surface area (Å²) in [4.78, 5) is 27.7. The van der Waals surface area contributed by atoms with Crippen molar-refractivity contribution in [2.45, 2.75) is 13.0 Å². The van der Waals surface area contributed by atoms with Crippen LogP contribution < -0.4 is 5.32 Å². The van der Waals surface area contributed by atoms with Gasteiger partial charge in [0.15, 0.2) is 0 Å². The van der Waals surface area contributed by atoms with Crippen LogP contribution in [0.1, 0.15) is 37.4 Å². The quantitative estimate of drug-likeness (QED) is 0.676. The van der Waals surface area contributed by atoms with E-state index in [1.807, 2.05) is 30.3 Å². The zero-order valence-electron chi connectivity index (χ0n) is 15.1. The van der Waals surface area contributed by atoms with Gasteiger partial charge in [0.1, 0.15) is 0 Å². The van der Waals surface area contributed by atoms with Crippen molar-refractivity contribution in [1.29, 1.82) is 0 Å². The van der Waals surface area contributed by atoms with Crippen LogP contribution in [0.3, 0.4) is 0 Å². The Labute approximate surface area is 163 Å². The fraction of sp³-hybridized carbons (Fsp3) is 0.0870. The Morgan fingerprint density at radius 1 is 1.00 bits per heavy atom. The number of carboxylic acids is 1. The predicted molar refractivity (Wildman–Crippen MR) is 106 cm³/mol. The number of nitrogens with one attached hydrogen (secondary N) is 1. The second kappa shape index (κ2) is 9.15. The molecule has 2 aromatic carbocycles. The summed E-state index contributed by atoms with van der Waals surface area (Å²) in [7, 11) is 0. The summed E-state index contributed by atoms with van der Waals surface area (Å²) in [6.45, 7) is 0.116. The molecule has 0 saturated heterocycles. The molecule has 5 heteroatoms. The van der Waals surface area contributed by atoms with Crippen molar-refractivity contribution in [3.8, 4) is 11.8 Å². The first kappa shape index (κ1) is 18.9. The number of amides is 1. The van der Waals surface area contributed by atoms with Gasteiger partial charge in [-0.3, -0.25) is 9.78 Å². The molecule has 0 fully saturated rings. The van der Waals surface area contributed by atoms with Crippen LogP contribution in [0, 0.1) is 11.8 Å². The van der Waals surface area contributed by atoms with Crippen molar-refractivity contribution in [2.75, 3.05) is 0 Å². The molecule has 0 spiro atoms. The molecular formula is C23H18N2O3. The first-order valence-corrected chi connectivity index (χ1v) is 8.71. The number of nitrogens with zero attached hydrogens (tertiary/aromatic N) is 1. The van der Waals surface area contributed by atoms with Crippen LogP contribution in [-0.4, -0.2) is 22.0 Å². The summed E-state index contributed by atoms with van der Waals surface area (Å²) in [5, 5.41) is 11.9. The molecule has 28 heavy (non-hydrogen) atoms. The number of carbonyl (C=O) groups is 2. The number of hydrogen-bond acceptors (Lipinski definition) is 3. The molecule has 0 saturated carbocycles. The Hall–Kier alpha value is -3.91. The molecule has 1 heterocycles. The lowest BCUT2D eigenvalue weighted by Gasteiger charge is -2.08. The number of rotatable bonds is 5. The van der Waals surface area contributed by atoms with Crippen LogP contribution in [0.5, 0.6) is 0 Å². The SMILES string of the molecule is O=C(NCc1ccccc1C(=O)O)c1cncc(C#CCc2ccccc2)c1. The van der Waals surface area contributed by atoms with E-state index in [-0.39, 0.29) is 18.0 Å². The van der Waals surface area contributed by atoms with Crippen molar-refractivity contribution in [2.24, 2.45) is 0 Å². The first-order valence-electron chi connectivity index (χ1n) is 8.71. The summed E-state index contributed by atoms with van der Waals surface area (Å²) in [6, 6.07) is 18.1. The zero-order valence-corrected chi connectivity index (χ0v) is 15.1. The first-order chi connectivity index (χ1) is 13.6. The van der Waals surface area contributed by atoms with Crippen molar-refractivity contribution in [3.05, 3.63) is 101 Å². The summed E-state index contributed by atoms with van der Waals surface area (Å²) in [6.07, 6.45) is 3.68. The zero-order chi connectivity index (χ0) is 19.8. The highest BCUT2D eigenvalue weighted by molar-refractivity contribution is 5.94. The van der Waals surface area contributed by atoms with Gasteiger partial charge in [-0.1, -0.05) is 60.4 Å². The second-order valence-electron chi connectivity index (χ2n) is 6.07. The highest BCUT2D eigenvalue weighted by Crippen LogP contribution is 2.09. The van der Waals surface area contributed by atoms with Gasteiger partial charge in [-0.2, -0.15) is 0 Å². The number of benzene rings is 2. The van der Waals surface area contributed by atoms with E-state index in [1.165, 1.54) is 12.3 Å². The van der Waals surface area contributed by atoms with E-state index < -0.39 is 5.97 Å².